The van der Waals surface area contributed by atoms with Crippen molar-refractivity contribution in [1.82, 2.24) is 20.0 Å². The Bertz CT molecular complexity index is 690. The third-order valence-corrected chi connectivity index (χ3v) is 5.60. The van der Waals surface area contributed by atoms with Crippen LogP contribution in [0.5, 0.6) is 5.75 Å². The first-order valence-electron chi connectivity index (χ1n) is 8.89. The van der Waals surface area contributed by atoms with Crippen LogP contribution in [-0.4, -0.2) is 48.0 Å². The number of likely N-dealkylation sites (tertiary alicyclic amines) is 1. The molecule has 4 rings (SSSR count). The van der Waals surface area contributed by atoms with Gasteiger partial charge in [-0.05, 0) is 62.5 Å². The molecule has 1 aromatic heterocycles. The van der Waals surface area contributed by atoms with Gasteiger partial charge in [-0.1, -0.05) is 12.1 Å². The molecule has 0 atom stereocenters. The zero-order valence-electron chi connectivity index (χ0n) is 14.4. The minimum Gasteiger partial charge on any atom is -0.494 e. The van der Waals surface area contributed by atoms with Gasteiger partial charge in [0.2, 0.25) is 0 Å². The van der Waals surface area contributed by atoms with Crippen molar-refractivity contribution in [1.29, 1.82) is 0 Å². The second-order valence-electron chi connectivity index (χ2n) is 7.12. The molecule has 0 radical (unpaired) electrons. The summed E-state index contributed by atoms with van der Waals surface area (Å²) < 4.78 is 7.52. The first-order valence-corrected chi connectivity index (χ1v) is 8.89. The molecule has 24 heavy (non-hydrogen) atoms. The quantitative estimate of drug-likeness (QED) is 0.937. The Hall–Kier alpha value is -1.85. The van der Waals surface area contributed by atoms with E-state index in [-0.39, 0.29) is 0 Å². The Morgan fingerprint density at radius 1 is 1.17 bits per heavy atom. The minimum absolute atomic E-state index is 0.542. The van der Waals surface area contributed by atoms with Gasteiger partial charge >= 0.3 is 0 Å². The van der Waals surface area contributed by atoms with Crippen molar-refractivity contribution < 1.29 is 4.74 Å². The zero-order valence-corrected chi connectivity index (χ0v) is 14.4. The maximum absolute atomic E-state index is 5.50. The summed E-state index contributed by atoms with van der Waals surface area (Å²) in [4.78, 5) is 2.59. The summed E-state index contributed by atoms with van der Waals surface area (Å²) in [6.07, 6.45) is 5.85. The van der Waals surface area contributed by atoms with Crippen LogP contribution in [0.1, 0.15) is 25.0 Å². The van der Waals surface area contributed by atoms with Crippen molar-refractivity contribution >= 4 is 0 Å². The fraction of sp³-hybridized carbons (Fsp3) is 0.526. The predicted octanol–water partition coefficient (Wildman–Crippen LogP) is 2.46. The van der Waals surface area contributed by atoms with Crippen LogP contribution in [0.4, 0.5) is 0 Å². The normalized spacial score (nSPS) is 20.5. The summed E-state index contributed by atoms with van der Waals surface area (Å²) in [5, 5.41) is 8.03. The number of piperidine rings is 1. The van der Waals surface area contributed by atoms with E-state index in [1.807, 2.05) is 29.1 Å². The van der Waals surface area contributed by atoms with E-state index in [1.54, 1.807) is 7.11 Å². The average molecular weight is 326 g/mol. The number of benzene rings is 1. The maximum atomic E-state index is 5.50. The summed E-state index contributed by atoms with van der Waals surface area (Å²) >= 11 is 0. The number of ether oxygens (including phenoxy) is 1. The molecule has 1 aromatic carbocycles. The van der Waals surface area contributed by atoms with Crippen LogP contribution in [-0.2, 0) is 6.54 Å². The molecule has 0 amide bonds. The highest BCUT2D eigenvalue weighted by atomic mass is 16.5. The van der Waals surface area contributed by atoms with E-state index in [0.717, 1.165) is 18.0 Å². The number of methoxy groups -OCH3 is 1. The van der Waals surface area contributed by atoms with Crippen LogP contribution in [0.2, 0.25) is 0 Å². The molecular formula is C19H26N4O. The Morgan fingerprint density at radius 3 is 2.83 bits per heavy atom. The molecule has 1 spiro atoms. The first-order chi connectivity index (χ1) is 11.8. The van der Waals surface area contributed by atoms with Crippen LogP contribution in [0.3, 0.4) is 0 Å². The highest BCUT2D eigenvalue weighted by molar-refractivity contribution is 5.46. The standard InChI is InChI=1S/C19H26N4O/c1-24-18-5-3-2-4-17(18)23-16(6-10-21-23)14-22-13-9-19(15-22)7-11-20-12-8-19/h2-6,10,20H,7-9,11-15H2,1H3. The maximum Gasteiger partial charge on any atom is 0.144 e. The lowest BCUT2D eigenvalue weighted by Crippen LogP contribution is -2.38. The molecule has 2 saturated heterocycles. The zero-order chi connectivity index (χ0) is 16.4. The van der Waals surface area contributed by atoms with Gasteiger partial charge in [-0.15, -0.1) is 0 Å². The lowest BCUT2D eigenvalue weighted by atomic mass is 9.78. The van der Waals surface area contributed by atoms with Crippen molar-refractivity contribution in [2.24, 2.45) is 5.41 Å². The monoisotopic (exact) mass is 326 g/mol. The van der Waals surface area contributed by atoms with Crippen LogP contribution in [0.25, 0.3) is 5.69 Å². The summed E-state index contributed by atoms with van der Waals surface area (Å²) in [6, 6.07) is 10.2. The molecule has 0 saturated carbocycles. The van der Waals surface area contributed by atoms with Crippen molar-refractivity contribution in [3.8, 4) is 11.4 Å². The van der Waals surface area contributed by atoms with Gasteiger partial charge in [-0.25, -0.2) is 4.68 Å². The molecule has 128 valence electrons. The van der Waals surface area contributed by atoms with Gasteiger partial charge in [0, 0.05) is 19.3 Å². The first kappa shape index (κ1) is 15.7. The lowest BCUT2D eigenvalue weighted by molar-refractivity contribution is 0.192. The van der Waals surface area contributed by atoms with Gasteiger partial charge in [0.15, 0.2) is 0 Å². The highest BCUT2D eigenvalue weighted by Gasteiger charge is 2.38. The summed E-state index contributed by atoms with van der Waals surface area (Å²) in [5.41, 5.74) is 2.78. The molecule has 2 aliphatic heterocycles. The van der Waals surface area contributed by atoms with Crippen molar-refractivity contribution in [2.45, 2.75) is 25.8 Å². The summed E-state index contributed by atoms with van der Waals surface area (Å²) in [7, 11) is 1.71. The van der Waals surface area contributed by atoms with Crippen molar-refractivity contribution in [3.63, 3.8) is 0 Å². The molecular weight excluding hydrogens is 300 g/mol. The number of para-hydroxylation sites is 2. The van der Waals surface area contributed by atoms with Gasteiger partial charge in [0.1, 0.15) is 11.4 Å². The molecule has 0 bridgehead atoms. The fourth-order valence-electron chi connectivity index (χ4n) is 4.23. The lowest BCUT2D eigenvalue weighted by Gasteiger charge is -2.33. The molecule has 2 aliphatic rings. The van der Waals surface area contributed by atoms with Gasteiger partial charge in [-0.3, -0.25) is 4.90 Å². The van der Waals surface area contributed by atoms with E-state index < -0.39 is 0 Å². The number of hydrogen-bond acceptors (Lipinski definition) is 4. The van der Waals surface area contributed by atoms with Gasteiger partial charge in [0.25, 0.3) is 0 Å². The van der Waals surface area contributed by atoms with Crippen LogP contribution < -0.4 is 10.1 Å². The van der Waals surface area contributed by atoms with Crippen molar-refractivity contribution in [3.05, 3.63) is 42.2 Å². The summed E-state index contributed by atoms with van der Waals surface area (Å²) in [6.45, 7) is 5.70. The van der Waals surface area contributed by atoms with Crippen LogP contribution >= 0.6 is 0 Å². The fourth-order valence-corrected chi connectivity index (χ4v) is 4.23. The van der Waals surface area contributed by atoms with E-state index in [9.17, 15) is 0 Å². The third-order valence-electron chi connectivity index (χ3n) is 5.60. The van der Waals surface area contributed by atoms with E-state index in [1.165, 1.54) is 51.1 Å². The number of aromatic nitrogens is 2. The van der Waals surface area contributed by atoms with E-state index >= 15 is 0 Å². The predicted molar refractivity (Wildman–Crippen MR) is 94.5 cm³/mol. The Morgan fingerprint density at radius 2 is 2.00 bits per heavy atom. The Kier molecular flexibility index (Phi) is 4.29. The largest absolute Gasteiger partial charge is 0.494 e. The molecule has 2 aromatic rings. The summed E-state index contributed by atoms with van der Waals surface area (Å²) in [5.74, 6) is 0.860. The molecule has 0 unspecified atom stereocenters. The molecule has 1 N–H and O–H groups in total. The van der Waals surface area contributed by atoms with Gasteiger partial charge < -0.3 is 10.1 Å². The van der Waals surface area contributed by atoms with Gasteiger partial charge in [-0.2, -0.15) is 5.10 Å². The second kappa shape index (κ2) is 6.57. The van der Waals surface area contributed by atoms with Crippen LogP contribution in [0, 0.1) is 5.41 Å². The van der Waals surface area contributed by atoms with E-state index in [0.29, 0.717) is 5.41 Å². The van der Waals surface area contributed by atoms with E-state index in [4.69, 9.17) is 4.74 Å². The molecule has 0 aliphatic carbocycles. The number of hydrogen-bond donors (Lipinski definition) is 1. The average Bonchev–Trinajstić information content (AvgIpc) is 3.23. The third kappa shape index (κ3) is 2.94. The second-order valence-corrected chi connectivity index (χ2v) is 7.12. The minimum atomic E-state index is 0.542. The Labute approximate surface area is 143 Å². The number of nitrogens with zero attached hydrogens (tertiary/aromatic N) is 3. The highest BCUT2D eigenvalue weighted by Crippen LogP contribution is 2.39. The van der Waals surface area contributed by atoms with Crippen LogP contribution in [0.15, 0.2) is 36.5 Å². The molecule has 2 fully saturated rings. The Balaban J connectivity index is 1.52. The molecule has 5 heteroatoms. The topological polar surface area (TPSA) is 42.3 Å². The number of rotatable bonds is 4. The van der Waals surface area contributed by atoms with Crippen molar-refractivity contribution in [2.75, 3.05) is 33.3 Å². The SMILES string of the molecule is COc1ccccc1-n1nccc1CN1CCC2(CCNCC2)C1. The smallest absolute Gasteiger partial charge is 0.144 e. The molecule has 3 heterocycles. The number of nitrogens with one attached hydrogen (secondary N) is 1. The molecule has 5 nitrogen and oxygen atoms in total. The van der Waals surface area contributed by atoms with E-state index in [2.05, 4.69) is 27.4 Å². The van der Waals surface area contributed by atoms with Gasteiger partial charge in [0.05, 0.1) is 12.8 Å².